The molecule has 0 fully saturated rings. The minimum absolute atomic E-state index is 0.0580. The van der Waals surface area contributed by atoms with Gasteiger partial charge in [0.15, 0.2) is 12.0 Å². The molecule has 0 aliphatic carbocycles. The first-order valence-electron chi connectivity index (χ1n) is 6.19. The maximum absolute atomic E-state index is 10.9. The molecule has 1 aromatic carbocycles. The van der Waals surface area contributed by atoms with Crippen molar-refractivity contribution in [3.05, 3.63) is 33.9 Å². The van der Waals surface area contributed by atoms with Crippen LogP contribution in [0.3, 0.4) is 0 Å². The minimum atomic E-state index is -0.518. The van der Waals surface area contributed by atoms with E-state index in [-0.39, 0.29) is 18.0 Å². The van der Waals surface area contributed by atoms with Crippen molar-refractivity contribution in [3.63, 3.8) is 0 Å². The number of hydrogen-bond acceptors (Lipinski definition) is 5. The summed E-state index contributed by atoms with van der Waals surface area (Å²) in [6.45, 7) is 6.64. The van der Waals surface area contributed by atoms with Crippen LogP contribution in [0.1, 0.15) is 19.4 Å². The first-order chi connectivity index (χ1) is 9.08. The predicted molar refractivity (Wildman–Crippen MR) is 70.4 cm³/mol. The molecule has 6 heteroatoms. The number of aryl methyl sites for hydroxylation is 1. The largest absolute Gasteiger partial charge is 0.481 e. The van der Waals surface area contributed by atoms with Crippen LogP contribution in [0, 0.1) is 17.0 Å². The monoisotopic (exact) mass is 269 g/mol. The van der Waals surface area contributed by atoms with Crippen molar-refractivity contribution in [2.45, 2.75) is 27.1 Å². The van der Waals surface area contributed by atoms with Crippen LogP contribution in [0.2, 0.25) is 0 Å². The number of benzene rings is 1. The Morgan fingerprint density at radius 2 is 1.89 bits per heavy atom. The summed E-state index contributed by atoms with van der Waals surface area (Å²) in [7, 11) is 0. The summed E-state index contributed by atoms with van der Waals surface area (Å²) in [6.07, 6.45) is -0.518. The Kier molecular flexibility index (Phi) is 6.24. The van der Waals surface area contributed by atoms with E-state index in [2.05, 4.69) is 0 Å². The molecule has 106 valence electrons. The lowest BCUT2D eigenvalue weighted by molar-refractivity contribution is -0.386. The molecular formula is C13H19NO5. The Hall–Kier alpha value is -1.66. The van der Waals surface area contributed by atoms with Gasteiger partial charge in [-0.2, -0.15) is 0 Å². The Morgan fingerprint density at radius 1 is 1.26 bits per heavy atom. The van der Waals surface area contributed by atoms with Crippen LogP contribution in [0.5, 0.6) is 5.75 Å². The predicted octanol–water partition coefficient (Wildman–Crippen LogP) is 2.68. The molecule has 6 nitrogen and oxygen atoms in total. The molecule has 0 atom stereocenters. The van der Waals surface area contributed by atoms with Crippen LogP contribution in [-0.2, 0) is 9.47 Å². The molecular weight excluding hydrogens is 250 g/mol. The van der Waals surface area contributed by atoms with Crippen molar-refractivity contribution in [2.75, 3.05) is 19.8 Å². The third kappa shape index (κ3) is 4.84. The van der Waals surface area contributed by atoms with Crippen LogP contribution in [0.25, 0.3) is 0 Å². The number of rotatable bonds is 8. The first kappa shape index (κ1) is 15.4. The molecule has 0 saturated heterocycles. The second-order valence-electron chi connectivity index (χ2n) is 3.88. The van der Waals surface area contributed by atoms with Gasteiger partial charge in [-0.05, 0) is 32.4 Å². The van der Waals surface area contributed by atoms with Crippen molar-refractivity contribution in [3.8, 4) is 5.75 Å². The smallest absolute Gasteiger partial charge is 0.310 e. The lowest BCUT2D eigenvalue weighted by atomic mass is 10.2. The van der Waals surface area contributed by atoms with Gasteiger partial charge in [-0.3, -0.25) is 10.1 Å². The van der Waals surface area contributed by atoms with Gasteiger partial charge in [-0.25, -0.2) is 0 Å². The van der Waals surface area contributed by atoms with E-state index < -0.39 is 11.2 Å². The topological polar surface area (TPSA) is 70.8 Å². The quantitative estimate of drug-likeness (QED) is 0.412. The van der Waals surface area contributed by atoms with Crippen molar-refractivity contribution in [1.29, 1.82) is 0 Å². The SMILES string of the molecule is CCOC(COc1cc(C)ccc1[N+](=O)[O-])OCC. The van der Waals surface area contributed by atoms with E-state index in [9.17, 15) is 10.1 Å². The molecule has 0 bridgehead atoms. The first-order valence-corrected chi connectivity index (χ1v) is 6.19. The van der Waals surface area contributed by atoms with E-state index in [4.69, 9.17) is 14.2 Å². The molecule has 0 radical (unpaired) electrons. The molecule has 0 unspecified atom stereocenters. The zero-order valence-corrected chi connectivity index (χ0v) is 11.4. The Balaban J connectivity index is 2.74. The van der Waals surface area contributed by atoms with Crippen molar-refractivity contribution < 1.29 is 19.1 Å². The van der Waals surface area contributed by atoms with Gasteiger partial charge in [0, 0.05) is 19.3 Å². The highest BCUT2D eigenvalue weighted by Gasteiger charge is 2.17. The molecule has 0 heterocycles. The standard InChI is InChI=1S/C13H19NO5/c1-4-17-13(18-5-2)9-19-12-8-10(3)6-7-11(12)14(15)16/h6-8,13H,4-5,9H2,1-3H3. The van der Waals surface area contributed by atoms with Crippen LogP contribution in [-0.4, -0.2) is 31.0 Å². The average Bonchev–Trinajstić information content (AvgIpc) is 2.36. The maximum atomic E-state index is 10.9. The number of hydrogen-bond donors (Lipinski definition) is 0. The molecule has 0 spiro atoms. The maximum Gasteiger partial charge on any atom is 0.310 e. The normalized spacial score (nSPS) is 10.7. The van der Waals surface area contributed by atoms with Gasteiger partial charge in [0.25, 0.3) is 0 Å². The van der Waals surface area contributed by atoms with Gasteiger partial charge < -0.3 is 14.2 Å². The highest BCUT2D eigenvalue weighted by atomic mass is 16.7. The molecule has 0 N–H and O–H groups in total. The molecule has 0 aliphatic rings. The number of nitrogens with zero attached hydrogens (tertiary/aromatic N) is 1. The fourth-order valence-corrected chi connectivity index (χ4v) is 1.56. The Morgan fingerprint density at radius 3 is 2.42 bits per heavy atom. The molecule has 0 amide bonds. The summed E-state index contributed by atoms with van der Waals surface area (Å²) in [4.78, 5) is 10.4. The van der Waals surface area contributed by atoms with Gasteiger partial charge in [-0.1, -0.05) is 6.07 Å². The van der Waals surface area contributed by atoms with Gasteiger partial charge in [-0.15, -0.1) is 0 Å². The summed E-state index contributed by atoms with van der Waals surface area (Å²) in [6, 6.07) is 4.74. The lowest BCUT2D eigenvalue weighted by Crippen LogP contribution is -2.25. The lowest BCUT2D eigenvalue weighted by Gasteiger charge is -2.17. The van der Waals surface area contributed by atoms with E-state index in [0.29, 0.717) is 13.2 Å². The second kappa shape index (κ2) is 7.70. The molecule has 19 heavy (non-hydrogen) atoms. The highest BCUT2D eigenvalue weighted by molar-refractivity contribution is 5.48. The molecule has 0 aromatic heterocycles. The van der Waals surface area contributed by atoms with Crippen LogP contribution >= 0.6 is 0 Å². The van der Waals surface area contributed by atoms with E-state index in [1.807, 2.05) is 20.8 Å². The third-order valence-electron chi connectivity index (χ3n) is 2.39. The molecule has 0 aliphatic heterocycles. The minimum Gasteiger partial charge on any atom is -0.481 e. The Labute approximate surface area is 112 Å². The summed E-state index contributed by atoms with van der Waals surface area (Å²) in [5, 5.41) is 10.9. The fourth-order valence-electron chi connectivity index (χ4n) is 1.56. The van der Waals surface area contributed by atoms with Crippen molar-refractivity contribution in [2.24, 2.45) is 0 Å². The van der Waals surface area contributed by atoms with Crippen molar-refractivity contribution >= 4 is 5.69 Å². The number of nitro benzene ring substituents is 1. The summed E-state index contributed by atoms with van der Waals surface area (Å²) >= 11 is 0. The average molecular weight is 269 g/mol. The van der Waals surface area contributed by atoms with Crippen LogP contribution in [0.15, 0.2) is 18.2 Å². The van der Waals surface area contributed by atoms with E-state index >= 15 is 0 Å². The third-order valence-corrected chi connectivity index (χ3v) is 2.39. The molecule has 1 aromatic rings. The fraction of sp³-hybridized carbons (Fsp3) is 0.538. The highest BCUT2D eigenvalue weighted by Crippen LogP contribution is 2.27. The van der Waals surface area contributed by atoms with Gasteiger partial charge in [0.05, 0.1) is 4.92 Å². The Bertz CT molecular complexity index is 415. The van der Waals surface area contributed by atoms with Gasteiger partial charge in [0.1, 0.15) is 6.61 Å². The summed E-state index contributed by atoms with van der Waals surface area (Å²) < 4.78 is 16.1. The summed E-state index contributed by atoms with van der Waals surface area (Å²) in [5.41, 5.74) is 0.835. The van der Waals surface area contributed by atoms with Gasteiger partial charge in [0.2, 0.25) is 0 Å². The molecule has 0 saturated carbocycles. The van der Waals surface area contributed by atoms with Crippen LogP contribution < -0.4 is 4.74 Å². The number of ether oxygens (including phenoxy) is 3. The zero-order valence-electron chi connectivity index (χ0n) is 11.4. The van der Waals surface area contributed by atoms with Crippen LogP contribution in [0.4, 0.5) is 5.69 Å². The zero-order chi connectivity index (χ0) is 14.3. The second-order valence-corrected chi connectivity index (χ2v) is 3.88. The van der Waals surface area contributed by atoms with Crippen molar-refractivity contribution in [1.82, 2.24) is 0 Å². The number of nitro groups is 1. The summed E-state index contributed by atoms with van der Waals surface area (Å²) in [5.74, 6) is 0.231. The van der Waals surface area contributed by atoms with E-state index in [1.54, 1.807) is 12.1 Å². The van der Waals surface area contributed by atoms with E-state index in [1.165, 1.54) is 6.07 Å². The molecule has 1 rings (SSSR count). The van der Waals surface area contributed by atoms with E-state index in [0.717, 1.165) is 5.56 Å². The van der Waals surface area contributed by atoms with Gasteiger partial charge >= 0.3 is 5.69 Å².